The summed E-state index contributed by atoms with van der Waals surface area (Å²) in [5.74, 6) is -0.0744. The molecule has 2 nitrogen and oxygen atoms in total. The third-order valence-corrected chi connectivity index (χ3v) is 3.21. The van der Waals surface area contributed by atoms with E-state index in [9.17, 15) is 8.78 Å². The van der Waals surface area contributed by atoms with Gasteiger partial charge in [-0.15, -0.1) is 0 Å². The number of nitrogens with one attached hydrogen (secondary N) is 1. The Morgan fingerprint density at radius 2 is 1.90 bits per heavy atom. The van der Waals surface area contributed by atoms with Crippen molar-refractivity contribution in [2.24, 2.45) is 0 Å². The van der Waals surface area contributed by atoms with E-state index in [4.69, 9.17) is 4.74 Å². The van der Waals surface area contributed by atoms with E-state index < -0.39 is 0 Å². The van der Waals surface area contributed by atoms with Gasteiger partial charge >= 0.3 is 0 Å². The van der Waals surface area contributed by atoms with Gasteiger partial charge in [-0.25, -0.2) is 8.78 Å². The van der Waals surface area contributed by atoms with Crippen LogP contribution >= 0.6 is 0 Å². The summed E-state index contributed by atoms with van der Waals surface area (Å²) in [5, 5.41) is 3.04. The molecule has 0 aromatic heterocycles. The molecule has 0 heterocycles. The number of ether oxygens (including phenoxy) is 1. The van der Waals surface area contributed by atoms with Crippen LogP contribution in [-0.4, -0.2) is 7.05 Å². The van der Waals surface area contributed by atoms with Gasteiger partial charge in [-0.1, -0.05) is 18.2 Å². The predicted octanol–water partition coefficient (Wildman–Crippen LogP) is 3.82. The van der Waals surface area contributed by atoms with E-state index in [2.05, 4.69) is 5.32 Å². The van der Waals surface area contributed by atoms with E-state index >= 15 is 0 Å². The molecular weight excluding hydrogens is 260 g/mol. The van der Waals surface area contributed by atoms with E-state index in [0.29, 0.717) is 16.9 Å². The van der Waals surface area contributed by atoms with E-state index in [-0.39, 0.29) is 24.3 Å². The van der Waals surface area contributed by atoms with Gasteiger partial charge in [0.05, 0.1) is 0 Å². The topological polar surface area (TPSA) is 21.3 Å². The molecule has 2 aromatic rings. The summed E-state index contributed by atoms with van der Waals surface area (Å²) in [4.78, 5) is 0. The van der Waals surface area contributed by atoms with Crippen LogP contribution in [0.2, 0.25) is 0 Å². The van der Waals surface area contributed by atoms with Gasteiger partial charge in [0.25, 0.3) is 0 Å². The van der Waals surface area contributed by atoms with E-state index in [1.165, 1.54) is 18.2 Å². The van der Waals surface area contributed by atoms with Crippen molar-refractivity contribution in [1.82, 2.24) is 5.32 Å². The maximum Gasteiger partial charge on any atom is 0.129 e. The van der Waals surface area contributed by atoms with E-state index in [0.717, 1.165) is 0 Å². The minimum Gasteiger partial charge on any atom is -0.488 e. The molecular formula is C16H17F2NO. The van der Waals surface area contributed by atoms with Gasteiger partial charge in [0.15, 0.2) is 0 Å². The average molecular weight is 277 g/mol. The molecule has 2 aromatic carbocycles. The van der Waals surface area contributed by atoms with Crippen LogP contribution in [0.4, 0.5) is 8.78 Å². The van der Waals surface area contributed by atoms with Crippen molar-refractivity contribution in [2.45, 2.75) is 19.6 Å². The smallest absolute Gasteiger partial charge is 0.129 e. The second-order valence-corrected chi connectivity index (χ2v) is 4.57. The summed E-state index contributed by atoms with van der Waals surface area (Å²) in [6, 6.07) is 10.7. The summed E-state index contributed by atoms with van der Waals surface area (Å²) in [6.45, 7) is 2.02. The second kappa shape index (κ2) is 6.48. The minimum absolute atomic E-state index is 0.0543. The first-order chi connectivity index (χ1) is 9.61. The maximum atomic E-state index is 13.5. The lowest BCUT2D eigenvalue weighted by Gasteiger charge is -2.17. The molecule has 106 valence electrons. The monoisotopic (exact) mass is 277 g/mol. The van der Waals surface area contributed by atoms with Crippen LogP contribution < -0.4 is 10.1 Å². The fourth-order valence-corrected chi connectivity index (χ4v) is 1.92. The van der Waals surface area contributed by atoms with Crippen LogP contribution in [0, 0.1) is 11.6 Å². The number of hydrogen-bond acceptors (Lipinski definition) is 2. The van der Waals surface area contributed by atoms with Crippen molar-refractivity contribution in [2.75, 3.05) is 7.05 Å². The molecule has 0 amide bonds. The van der Waals surface area contributed by atoms with Crippen molar-refractivity contribution in [1.29, 1.82) is 0 Å². The van der Waals surface area contributed by atoms with Crippen LogP contribution in [0.15, 0.2) is 42.5 Å². The fourth-order valence-electron chi connectivity index (χ4n) is 1.92. The van der Waals surface area contributed by atoms with Gasteiger partial charge in [-0.05, 0) is 38.2 Å². The van der Waals surface area contributed by atoms with Gasteiger partial charge in [0, 0.05) is 17.2 Å². The van der Waals surface area contributed by atoms with Crippen molar-refractivity contribution in [3.8, 4) is 5.75 Å². The molecule has 2 rings (SSSR count). The summed E-state index contributed by atoms with van der Waals surface area (Å²) in [6.07, 6.45) is 0. The Kier molecular flexibility index (Phi) is 4.69. The molecule has 1 unspecified atom stereocenters. The number of rotatable bonds is 5. The summed E-state index contributed by atoms with van der Waals surface area (Å²) >= 11 is 0. The molecule has 4 heteroatoms. The van der Waals surface area contributed by atoms with Crippen LogP contribution in [0.1, 0.15) is 24.1 Å². The second-order valence-electron chi connectivity index (χ2n) is 4.57. The van der Waals surface area contributed by atoms with Gasteiger partial charge in [-0.3, -0.25) is 0 Å². The van der Waals surface area contributed by atoms with E-state index in [1.807, 2.05) is 6.92 Å². The molecule has 1 atom stereocenters. The maximum absolute atomic E-state index is 13.5. The molecule has 0 fully saturated rings. The third-order valence-electron chi connectivity index (χ3n) is 3.21. The molecule has 0 radical (unpaired) electrons. The predicted molar refractivity (Wildman–Crippen MR) is 74.6 cm³/mol. The molecule has 0 aliphatic rings. The van der Waals surface area contributed by atoms with Crippen LogP contribution in [0.3, 0.4) is 0 Å². The Labute approximate surface area is 117 Å². The number of halogens is 2. The zero-order valence-corrected chi connectivity index (χ0v) is 11.5. The Morgan fingerprint density at radius 1 is 1.15 bits per heavy atom. The molecule has 20 heavy (non-hydrogen) atoms. The lowest BCUT2D eigenvalue weighted by atomic mass is 10.1. The molecule has 0 saturated carbocycles. The first kappa shape index (κ1) is 14.5. The Balaban J connectivity index is 2.19. The SMILES string of the molecule is CNC(C)c1cc(F)ccc1OCc1ccccc1F. The Bertz CT molecular complexity index is 586. The Hall–Kier alpha value is -1.94. The summed E-state index contributed by atoms with van der Waals surface area (Å²) in [7, 11) is 1.79. The highest BCUT2D eigenvalue weighted by atomic mass is 19.1. The first-order valence-corrected chi connectivity index (χ1v) is 6.44. The summed E-state index contributed by atoms with van der Waals surface area (Å²) in [5.41, 5.74) is 1.18. The van der Waals surface area contributed by atoms with Crippen molar-refractivity contribution in [3.05, 3.63) is 65.2 Å². The van der Waals surface area contributed by atoms with Crippen molar-refractivity contribution >= 4 is 0 Å². The standard InChI is InChI=1S/C16H17F2NO/c1-11(19-2)14-9-13(17)7-8-16(14)20-10-12-5-3-4-6-15(12)18/h3-9,11,19H,10H2,1-2H3. The first-order valence-electron chi connectivity index (χ1n) is 6.44. The molecule has 0 spiro atoms. The van der Waals surface area contributed by atoms with Gasteiger partial charge < -0.3 is 10.1 Å². The van der Waals surface area contributed by atoms with Crippen LogP contribution in [0.25, 0.3) is 0 Å². The Morgan fingerprint density at radius 3 is 2.60 bits per heavy atom. The van der Waals surface area contributed by atoms with Crippen LogP contribution in [-0.2, 0) is 6.61 Å². The molecule has 0 aliphatic heterocycles. The highest BCUT2D eigenvalue weighted by Crippen LogP contribution is 2.26. The zero-order chi connectivity index (χ0) is 14.5. The molecule has 0 aliphatic carbocycles. The number of benzene rings is 2. The minimum atomic E-state index is -0.319. The zero-order valence-electron chi connectivity index (χ0n) is 11.5. The molecule has 1 N–H and O–H groups in total. The van der Waals surface area contributed by atoms with Crippen LogP contribution in [0.5, 0.6) is 5.75 Å². The fraction of sp³-hybridized carbons (Fsp3) is 0.250. The highest BCUT2D eigenvalue weighted by Gasteiger charge is 2.12. The number of hydrogen-bond donors (Lipinski definition) is 1. The largest absolute Gasteiger partial charge is 0.488 e. The lowest BCUT2D eigenvalue weighted by Crippen LogP contribution is -2.14. The van der Waals surface area contributed by atoms with Crippen molar-refractivity contribution in [3.63, 3.8) is 0 Å². The lowest BCUT2D eigenvalue weighted by molar-refractivity contribution is 0.293. The van der Waals surface area contributed by atoms with Gasteiger partial charge in [0.2, 0.25) is 0 Å². The van der Waals surface area contributed by atoms with Crippen molar-refractivity contribution < 1.29 is 13.5 Å². The average Bonchev–Trinajstić information content (AvgIpc) is 2.46. The highest BCUT2D eigenvalue weighted by molar-refractivity contribution is 5.36. The normalized spacial score (nSPS) is 12.2. The summed E-state index contributed by atoms with van der Waals surface area (Å²) < 4.78 is 32.5. The third kappa shape index (κ3) is 3.33. The van der Waals surface area contributed by atoms with Gasteiger partial charge in [0.1, 0.15) is 24.0 Å². The van der Waals surface area contributed by atoms with E-state index in [1.54, 1.807) is 31.3 Å². The molecule has 0 bridgehead atoms. The quantitative estimate of drug-likeness (QED) is 0.897. The van der Waals surface area contributed by atoms with Gasteiger partial charge in [-0.2, -0.15) is 0 Å². The molecule has 0 saturated heterocycles.